The average Bonchev–Trinajstić information content (AvgIpc) is 2.33. The van der Waals surface area contributed by atoms with E-state index >= 15 is 0 Å². The molecule has 0 bridgehead atoms. The van der Waals surface area contributed by atoms with E-state index in [-0.39, 0.29) is 11.3 Å². The number of nitrogens with one attached hydrogen (secondary N) is 1. The molecule has 0 spiro atoms. The predicted octanol–water partition coefficient (Wildman–Crippen LogP) is 3.38. The lowest BCUT2D eigenvalue weighted by Crippen LogP contribution is -2.24. The Bertz CT molecular complexity index is 403. The van der Waals surface area contributed by atoms with Gasteiger partial charge < -0.3 is 5.32 Å². The van der Waals surface area contributed by atoms with Crippen LogP contribution in [0.4, 0.5) is 0 Å². The number of rotatable bonds is 5. The zero-order valence-corrected chi connectivity index (χ0v) is 12.1. The predicted molar refractivity (Wildman–Crippen MR) is 79.1 cm³/mol. The lowest BCUT2D eigenvalue weighted by molar-refractivity contribution is -0.118. The Balaban J connectivity index is 2.49. The smallest absolute Gasteiger partial charge is 0.230 e. The van der Waals surface area contributed by atoms with Gasteiger partial charge in [0.15, 0.2) is 0 Å². The maximum atomic E-state index is 11.4. The molecule has 0 aliphatic rings. The monoisotopic (exact) mass is 263 g/mol. The molecule has 0 aromatic heterocycles. The van der Waals surface area contributed by atoms with Crippen LogP contribution in [0.5, 0.6) is 0 Å². The minimum Gasteiger partial charge on any atom is -0.352 e. The zero-order valence-electron chi connectivity index (χ0n) is 11.3. The normalized spacial score (nSPS) is 11.1. The van der Waals surface area contributed by atoms with Crippen molar-refractivity contribution >= 4 is 17.7 Å². The zero-order chi connectivity index (χ0) is 13.6. The summed E-state index contributed by atoms with van der Waals surface area (Å²) in [5, 5.41) is 2.76. The van der Waals surface area contributed by atoms with Crippen LogP contribution in [0.2, 0.25) is 0 Å². The van der Waals surface area contributed by atoms with E-state index in [2.05, 4.69) is 56.9 Å². The van der Waals surface area contributed by atoms with Crippen LogP contribution in [0.1, 0.15) is 26.3 Å². The van der Waals surface area contributed by atoms with Crippen LogP contribution in [0.15, 0.2) is 41.8 Å². The first-order chi connectivity index (χ1) is 8.43. The highest BCUT2D eigenvalue weighted by molar-refractivity contribution is 8.00. The summed E-state index contributed by atoms with van der Waals surface area (Å²) < 4.78 is 0. The summed E-state index contributed by atoms with van der Waals surface area (Å²) in [6.45, 7) is 10.7. The van der Waals surface area contributed by atoms with E-state index in [1.807, 2.05) is 0 Å². The van der Waals surface area contributed by atoms with Crippen LogP contribution >= 0.6 is 11.8 Å². The van der Waals surface area contributed by atoms with E-state index in [4.69, 9.17) is 0 Å². The van der Waals surface area contributed by atoms with Crippen LogP contribution in [-0.2, 0) is 10.2 Å². The third-order valence-corrected chi connectivity index (χ3v) is 3.55. The van der Waals surface area contributed by atoms with Crippen molar-refractivity contribution in [1.29, 1.82) is 0 Å². The Kier molecular flexibility index (Phi) is 5.48. The van der Waals surface area contributed by atoms with Crippen molar-refractivity contribution < 1.29 is 4.79 Å². The van der Waals surface area contributed by atoms with E-state index in [1.54, 1.807) is 17.8 Å². The molecule has 0 heterocycles. The summed E-state index contributed by atoms with van der Waals surface area (Å²) in [5.74, 6) is 0.489. The summed E-state index contributed by atoms with van der Waals surface area (Å²) in [6, 6.07) is 8.41. The molecular formula is C15H21NOS. The van der Waals surface area contributed by atoms with Crippen molar-refractivity contribution in [2.24, 2.45) is 0 Å². The molecule has 2 nitrogen and oxygen atoms in total. The van der Waals surface area contributed by atoms with Crippen LogP contribution < -0.4 is 5.32 Å². The van der Waals surface area contributed by atoms with Gasteiger partial charge >= 0.3 is 0 Å². The van der Waals surface area contributed by atoms with E-state index in [1.165, 1.54) is 5.56 Å². The largest absolute Gasteiger partial charge is 0.352 e. The van der Waals surface area contributed by atoms with Gasteiger partial charge in [0, 0.05) is 11.4 Å². The Labute approximate surface area is 114 Å². The number of benzene rings is 1. The Hall–Kier alpha value is -1.22. The number of amides is 1. The van der Waals surface area contributed by atoms with E-state index in [9.17, 15) is 4.79 Å². The molecule has 1 aromatic rings. The van der Waals surface area contributed by atoms with Crippen LogP contribution in [0.25, 0.3) is 0 Å². The van der Waals surface area contributed by atoms with Crippen molar-refractivity contribution in [3.63, 3.8) is 0 Å². The molecule has 0 saturated heterocycles. The van der Waals surface area contributed by atoms with Gasteiger partial charge in [-0.2, -0.15) is 0 Å². The van der Waals surface area contributed by atoms with Crippen molar-refractivity contribution in [3.8, 4) is 0 Å². The topological polar surface area (TPSA) is 29.1 Å². The minimum absolute atomic E-state index is 0.0415. The fraction of sp³-hybridized carbons (Fsp3) is 0.400. The molecule has 1 aromatic carbocycles. The van der Waals surface area contributed by atoms with Crippen molar-refractivity contribution in [2.75, 3.05) is 12.3 Å². The first-order valence-electron chi connectivity index (χ1n) is 6.04. The van der Waals surface area contributed by atoms with Crippen molar-refractivity contribution in [1.82, 2.24) is 5.32 Å². The fourth-order valence-electron chi connectivity index (χ4n) is 1.44. The van der Waals surface area contributed by atoms with Gasteiger partial charge in [-0.3, -0.25) is 4.79 Å². The molecule has 3 heteroatoms. The molecule has 0 aliphatic heterocycles. The highest BCUT2D eigenvalue weighted by atomic mass is 32.2. The van der Waals surface area contributed by atoms with Crippen LogP contribution in [0, 0.1) is 0 Å². The first-order valence-corrected chi connectivity index (χ1v) is 7.03. The summed E-state index contributed by atoms with van der Waals surface area (Å²) in [5.41, 5.74) is 1.48. The quantitative estimate of drug-likeness (QED) is 0.652. The van der Waals surface area contributed by atoms with Crippen LogP contribution in [-0.4, -0.2) is 18.2 Å². The molecule has 1 rings (SSSR count). The van der Waals surface area contributed by atoms with Crippen molar-refractivity contribution in [2.45, 2.75) is 31.1 Å². The van der Waals surface area contributed by atoms with Gasteiger partial charge in [0.2, 0.25) is 5.91 Å². The van der Waals surface area contributed by atoms with Gasteiger partial charge in [0.05, 0.1) is 5.75 Å². The average molecular weight is 263 g/mol. The Morgan fingerprint density at radius 1 is 1.33 bits per heavy atom. The van der Waals surface area contributed by atoms with Gasteiger partial charge in [-0.1, -0.05) is 39.0 Å². The standard InChI is InChI=1S/C15H21NOS/c1-5-10-16-14(17)11-18-13-8-6-12(7-9-13)15(2,3)4/h5-9H,1,10-11H2,2-4H3,(H,16,17). The number of carbonyl (C=O) groups is 1. The molecule has 0 unspecified atom stereocenters. The lowest BCUT2D eigenvalue weighted by atomic mass is 9.87. The second-order valence-corrected chi connectivity index (χ2v) is 6.20. The molecule has 1 amide bonds. The number of hydrogen-bond donors (Lipinski definition) is 1. The van der Waals surface area contributed by atoms with Gasteiger partial charge in [0.25, 0.3) is 0 Å². The molecule has 0 aliphatic carbocycles. The second kappa shape index (κ2) is 6.64. The van der Waals surface area contributed by atoms with Gasteiger partial charge in [-0.05, 0) is 23.1 Å². The maximum absolute atomic E-state index is 11.4. The highest BCUT2D eigenvalue weighted by Gasteiger charge is 2.12. The summed E-state index contributed by atoms with van der Waals surface area (Å²) in [4.78, 5) is 12.5. The van der Waals surface area contributed by atoms with Gasteiger partial charge in [-0.25, -0.2) is 0 Å². The summed E-state index contributed by atoms with van der Waals surface area (Å²) >= 11 is 1.55. The maximum Gasteiger partial charge on any atom is 0.230 e. The molecule has 18 heavy (non-hydrogen) atoms. The molecule has 0 fully saturated rings. The SMILES string of the molecule is C=CCNC(=O)CSc1ccc(C(C)(C)C)cc1. The molecular weight excluding hydrogens is 242 g/mol. The molecule has 0 saturated carbocycles. The van der Waals surface area contributed by atoms with E-state index in [0.29, 0.717) is 12.3 Å². The molecule has 98 valence electrons. The third kappa shape index (κ3) is 4.96. The number of carbonyl (C=O) groups excluding carboxylic acids is 1. The van der Waals surface area contributed by atoms with Crippen LogP contribution in [0.3, 0.4) is 0 Å². The number of thioether (sulfide) groups is 1. The fourth-order valence-corrected chi connectivity index (χ4v) is 2.17. The Morgan fingerprint density at radius 2 is 1.94 bits per heavy atom. The first kappa shape index (κ1) is 14.8. The molecule has 1 N–H and O–H groups in total. The second-order valence-electron chi connectivity index (χ2n) is 5.16. The lowest BCUT2D eigenvalue weighted by Gasteiger charge is -2.19. The summed E-state index contributed by atoms with van der Waals surface area (Å²) in [7, 11) is 0. The van der Waals surface area contributed by atoms with Gasteiger partial charge in [-0.15, -0.1) is 18.3 Å². The minimum atomic E-state index is 0.0415. The molecule has 0 radical (unpaired) electrons. The summed E-state index contributed by atoms with van der Waals surface area (Å²) in [6.07, 6.45) is 1.68. The van der Waals surface area contributed by atoms with Crippen molar-refractivity contribution in [3.05, 3.63) is 42.5 Å². The Morgan fingerprint density at radius 3 is 2.44 bits per heavy atom. The number of hydrogen-bond acceptors (Lipinski definition) is 2. The van der Waals surface area contributed by atoms with E-state index < -0.39 is 0 Å². The van der Waals surface area contributed by atoms with Gasteiger partial charge in [0.1, 0.15) is 0 Å². The highest BCUT2D eigenvalue weighted by Crippen LogP contribution is 2.25. The van der Waals surface area contributed by atoms with E-state index in [0.717, 1.165) is 4.90 Å². The third-order valence-electron chi connectivity index (χ3n) is 2.53. The molecule has 0 atom stereocenters.